The molecule has 20 heavy (non-hydrogen) atoms. The summed E-state index contributed by atoms with van der Waals surface area (Å²) >= 11 is 0. The zero-order valence-electron chi connectivity index (χ0n) is 11.6. The van der Waals surface area contributed by atoms with Crippen molar-refractivity contribution in [3.8, 4) is 0 Å². The van der Waals surface area contributed by atoms with E-state index in [-0.39, 0.29) is 16.8 Å². The van der Waals surface area contributed by atoms with Gasteiger partial charge in [-0.1, -0.05) is 0 Å². The maximum absolute atomic E-state index is 12.5. The lowest BCUT2D eigenvalue weighted by Gasteiger charge is -2.32. The molecule has 1 aliphatic rings. The minimum Gasteiger partial charge on any atom is -0.355 e. The van der Waals surface area contributed by atoms with E-state index in [4.69, 9.17) is 0 Å². The van der Waals surface area contributed by atoms with Crippen molar-refractivity contribution < 1.29 is 13.2 Å². The molecular formula is C13H19N3O3S. The Labute approximate surface area is 119 Å². The molecule has 1 amide bonds. The molecule has 110 valence electrons. The third-order valence-electron chi connectivity index (χ3n) is 3.39. The lowest BCUT2D eigenvalue weighted by molar-refractivity contribution is 0.0963. The average molecular weight is 297 g/mol. The number of carbonyl (C=O) groups excluding carboxylic acids is 1. The Kier molecular flexibility index (Phi) is 4.42. The molecule has 7 heteroatoms. The van der Waals surface area contributed by atoms with Crippen LogP contribution in [0.15, 0.2) is 29.2 Å². The summed E-state index contributed by atoms with van der Waals surface area (Å²) < 4.78 is 26.6. The molecule has 0 unspecified atom stereocenters. The highest BCUT2D eigenvalue weighted by atomic mass is 32.2. The first-order chi connectivity index (χ1) is 9.46. The van der Waals surface area contributed by atoms with Gasteiger partial charge in [0, 0.05) is 38.3 Å². The number of rotatable bonds is 3. The summed E-state index contributed by atoms with van der Waals surface area (Å²) in [6.07, 6.45) is 0. The van der Waals surface area contributed by atoms with E-state index < -0.39 is 10.0 Å². The summed E-state index contributed by atoms with van der Waals surface area (Å²) in [5, 5.41) is 5.66. The SMILES string of the molecule is CNC(=O)c1ccc(S(=O)(=O)N2CCNC[C@@H]2C)cc1. The number of amides is 1. The van der Waals surface area contributed by atoms with Crippen LogP contribution in [0.1, 0.15) is 17.3 Å². The molecule has 0 bridgehead atoms. The molecule has 1 aliphatic heterocycles. The monoisotopic (exact) mass is 297 g/mol. The lowest BCUT2D eigenvalue weighted by atomic mass is 10.2. The van der Waals surface area contributed by atoms with E-state index in [1.807, 2.05) is 6.92 Å². The Morgan fingerprint density at radius 2 is 2.00 bits per heavy atom. The summed E-state index contributed by atoms with van der Waals surface area (Å²) in [4.78, 5) is 11.7. The number of hydrogen-bond donors (Lipinski definition) is 2. The van der Waals surface area contributed by atoms with Crippen molar-refractivity contribution in [1.82, 2.24) is 14.9 Å². The fourth-order valence-electron chi connectivity index (χ4n) is 2.24. The maximum Gasteiger partial charge on any atom is 0.251 e. The van der Waals surface area contributed by atoms with Gasteiger partial charge >= 0.3 is 0 Å². The summed E-state index contributed by atoms with van der Waals surface area (Å²) in [7, 11) is -1.96. The Morgan fingerprint density at radius 3 is 2.55 bits per heavy atom. The zero-order valence-corrected chi connectivity index (χ0v) is 12.4. The second kappa shape index (κ2) is 5.90. The molecule has 0 aliphatic carbocycles. The highest BCUT2D eigenvalue weighted by Crippen LogP contribution is 2.19. The van der Waals surface area contributed by atoms with Gasteiger partial charge in [0.2, 0.25) is 10.0 Å². The lowest BCUT2D eigenvalue weighted by Crippen LogP contribution is -2.52. The van der Waals surface area contributed by atoms with Gasteiger partial charge < -0.3 is 10.6 Å². The van der Waals surface area contributed by atoms with Crippen LogP contribution in [0.25, 0.3) is 0 Å². The standard InChI is InChI=1S/C13H19N3O3S/c1-10-9-15-7-8-16(10)20(18,19)12-5-3-11(4-6-12)13(17)14-2/h3-6,10,15H,7-9H2,1-2H3,(H,14,17)/t10-/m0/s1. The van der Waals surface area contributed by atoms with E-state index in [1.165, 1.54) is 35.6 Å². The minimum absolute atomic E-state index is 0.0765. The van der Waals surface area contributed by atoms with Crippen molar-refractivity contribution in [2.24, 2.45) is 0 Å². The Balaban J connectivity index is 2.27. The van der Waals surface area contributed by atoms with E-state index in [2.05, 4.69) is 10.6 Å². The van der Waals surface area contributed by atoms with Gasteiger partial charge in [-0.2, -0.15) is 4.31 Å². The first-order valence-corrected chi connectivity index (χ1v) is 7.95. The first kappa shape index (κ1) is 15.0. The average Bonchev–Trinajstić information content (AvgIpc) is 2.47. The van der Waals surface area contributed by atoms with Crippen molar-refractivity contribution >= 4 is 15.9 Å². The molecule has 1 aromatic rings. The van der Waals surface area contributed by atoms with Crippen LogP contribution in [0.4, 0.5) is 0 Å². The molecule has 6 nitrogen and oxygen atoms in total. The van der Waals surface area contributed by atoms with Crippen molar-refractivity contribution in [2.45, 2.75) is 17.9 Å². The second-order valence-electron chi connectivity index (χ2n) is 4.77. The van der Waals surface area contributed by atoms with Gasteiger partial charge in [0.1, 0.15) is 0 Å². The van der Waals surface area contributed by atoms with E-state index >= 15 is 0 Å². The highest BCUT2D eigenvalue weighted by molar-refractivity contribution is 7.89. The van der Waals surface area contributed by atoms with E-state index in [9.17, 15) is 13.2 Å². The molecule has 1 atom stereocenters. The molecule has 1 fully saturated rings. The molecule has 0 aromatic heterocycles. The third kappa shape index (κ3) is 2.84. The molecule has 0 saturated carbocycles. The smallest absolute Gasteiger partial charge is 0.251 e. The third-order valence-corrected chi connectivity index (χ3v) is 5.42. The van der Waals surface area contributed by atoms with Gasteiger partial charge in [0.05, 0.1) is 4.90 Å². The molecule has 2 rings (SSSR count). The van der Waals surface area contributed by atoms with Crippen LogP contribution in [0, 0.1) is 0 Å². The van der Waals surface area contributed by atoms with Gasteiger partial charge in [-0.3, -0.25) is 4.79 Å². The van der Waals surface area contributed by atoms with E-state index in [0.29, 0.717) is 25.2 Å². The van der Waals surface area contributed by atoms with Crippen molar-refractivity contribution in [3.05, 3.63) is 29.8 Å². The van der Waals surface area contributed by atoms with Gasteiger partial charge in [0.25, 0.3) is 5.91 Å². The van der Waals surface area contributed by atoms with Crippen LogP contribution in [-0.2, 0) is 10.0 Å². The normalized spacial score (nSPS) is 20.6. The summed E-state index contributed by atoms with van der Waals surface area (Å²) in [5.41, 5.74) is 0.444. The summed E-state index contributed by atoms with van der Waals surface area (Å²) in [5.74, 6) is -0.232. The zero-order chi connectivity index (χ0) is 14.8. The molecule has 1 aromatic carbocycles. The number of sulfonamides is 1. The molecular weight excluding hydrogens is 278 g/mol. The Bertz CT molecular complexity index is 583. The van der Waals surface area contributed by atoms with Crippen LogP contribution >= 0.6 is 0 Å². The number of benzene rings is 1. The van der Waals surface area contributed by atoms with E-state index in [0.717, 1.165) is 0 Å². The highest BCUT2D eigenvalue weighted by Gasteiger charge is 2.30. The van der Waals surface area contributed by atoms with Gasteiger partial charge in [-0.05, 0) is 31.2 Å². The molecule has 0 spiro atoms. The minimum atomic E-state index is -3.50. The summed E-state index contributed by atoms with van der Waals surface area (Å²) in [6.45, 7) is 3.64. The van der Waals surface area contributed by atoms with Gasteiger partial charge in [-0.25, -0.2) is 8.42 Å². The molecule has 1 saturated heterocycles. The predicted molar refractivity (Wildman–Crippen MR) is 76.1 cm³/mol. The van der Waals surface area contributed by atoms with Crippen molar-refractivity contribution in [1.29, 1.82) is 0 Å². The fraction of sp³-hybridized carbons (Fsp3) is 0.462. The van der Waals surface area contributed by atoms with Crippen LogP contribution in [0.5, 0.6) is 0 Å². The van der Waals surface area contributed by atoms with Gasteiger partial charge in [-0.15, -0.1) is 0 Å². The number of carbonyl (C=O) groups is 1. The van der Waals surface area contributed by atoms with Crippen molar-refractivity contribution in [3.63, 3.8) is 0 Å². The topological polar surface area (TPSA) is 78.5 Å². The number of nitrogens with one attached hydrogen (secondary N) is 2. The predicted octanol–water partition coefficient (Wildman–Crippen LogP) is 0.0286. The number of nitrogens with zero attached hydrogens (tertiary/aromatic N) is 1. The molecule has 0 radical (unpaired) electrons. The molecule has 2 N–H and O–H groups in total. The van der Waals surface area contributed by atoms with Crippen molar-refractivity contribution in [2.75, 3.05) is 26.7 Å². The molecule has 1 heterocycles. The van der Waals surface area contributed by atoms with Crippen LogP contribution in [-0.4, -0.2) is 51.4 Å². The van der Waals surface area contributed by atoms with Crippen LogP contribution in [0.2, 0.25) is 0 Å². The second-order valence-corrected chi connectivity index (χ2v) is 6.66. The quantitative estimate of drug-likeness (QED) is 0.825. The van der Waals surface area contributed by atoms with E-state index in [1.54, 1.807) is 0 Å². The number of hydrogen-bond acceptors (Lipinski definition) is 4. The Hall–Kier alpha value is -1.44. The largest absolute Gasteiger partial charge is 0.355 e. The van der Waals surface area contributed by atoms with Gasteiger partial charge in [0.15, 0.2) is 0 Å². The first-order valence-electron chi connectivity index (χ1n) is 6.51. The maximum atomic E-state index is 12.5. The van der Waals surface area contributed by atoms with Crippen LogP contribution < -0.4 is 10.6 Å². The van der Waals surface area contributed by atoms with Crippen LogP contribution in [0.3, 0.4) is 0 Å². The fourth-order valence-corrected chi connectivity index (χ4v) is 3.87. The number of piperazine rings is 1. The summed E-state index contributed by atoms with van der Waals surface area (Å²) in [6, 6.07) is 5.94. The Morgan fingerprint density at radius 1 is 1.35 bits per heavy atom.